The van der Waals surface area contributed by atoms with Crippen molar-refractivity contribution in [1.29, 1.82) is 0 Å². The maximum absolute atomic E-state index is 10.5. The molecule has 0 aliphatic heterocycles. The van der Waals surface area contributed by atoms with Crippen molar-refractivity contribution >= 4 is 32.9 Å². The molecule has 0 saturated heterocycles. The van der Waals surface area contributed by atoms with Crippen LogP contribution in [0.25, 0.3) is 11.0 Å². The number of rotatable bonds is 3. The van der Waals surface area contributed by atoms with Crippen molar-refractivity contribution in [3.63, 3.8) is 0 Å². The van der Waals surface area contributed by atoms with Crippen molar-refractivity contribution in [2.45, 2.75) is 13.0 Å². The fourth-order valence-electron chi connectivity index (χ4n) is 1.45. The van der Waals surface area contributed by atoms with E-state index >= 15 is 0 Å². The predicted octanol–water partition coefficient (Wildman–Crippen LogP) is 2.27. The number of benzene rings is 1. The number of fused-ring (bicyclic) bond motifs is 1. The second-order valence-electron chi connectivity index (χ2n) is 3.19. The Labute approximate surface area is 94.7 Å². The minimum absolute atomic E-state index is 0.109. The average molecular weight is 269 g/mol. The summed E-state index contributed by atoms with van der Waals surface area (Å²) in [5, 5.41) is 8.60. The van der Waals surface area contributed by atoms with E-state index in [1.54, 1.807) is 6.33 Å². The highest BCUT2D eigenvalue weighted by Gasteiger charge is 2.06. The van der Waals surface area contributed by atoms with Crippen molar-refractivity contribution in [2.75, 3.05) is 0 Å². The predicted molar refractivity (Wildman–Crippen MR) is 59.7 cm³/mol. The highest BCUT2D eigenvalue weighted by Crippen LogP contribution is 2.22. The van der Waals surface area contributed by atoms with E-state index in [2.05, 4.69) is 20.9 Å². The third kappa shape index (κ3) is 2.02. The Morgan fingerprint density at radius 1 is 1.53 bits per heavy atom. The van der Waals surface area contributed by atoms with Crippen LogP contribution in [0, 0.1) is 0 Å². The molecule has 0 aliphatic rings. The molecule has 1 aromatic carbocycles. The summed E-state index contributed by atoms with van der Waals surface area (Å²) in [5.41, 5.74) is 1.81. The molecule has 0 fully saturated rings. The molecule has 2 aromatic rings. The number of hydrogen-bond acceptors (Lipinski definition) is 2. The maximum atomic E-state index is 10.5. The van der Waals surface area contributed by atoms with Crippen LogP contribution in [0.15, 0.2) is 29.0 Å². The van der Waals surface area contributed by atoms with Crippen molar-refractivity contribution in [1.82, 2.24) is 9.55 Å². The zero-order chi connectivity index (χ0) is 10.8. The topological polar surface area (TPSA) is 55.1 Å². The molecular formula is C10H9BrN2O2. The zero-order valence-electron chi connectivity index (χ0n) is 7.85. The Hall–Kier alpha value is -1.36. The van der Waals surface area contributed by atoms with Gasteiger partial charge in [0.05, 0.1) is 18.3 Å². The number of halogens is 1. The lowest BCUT2D eigenvalue weighted by Crippen LogP contribution is -2.03. The molecule has 0 bridgehead atoms. The van der Waals surface area contributed by atoms with Crippen molar-refractivity contribution in [3.8, 4) is 0 Å². The van der Waals surface area contributed by atoms with Gasteiger partial charge in [-0.05, 0) is 28.1 Å². The summed E-state index contributed by atoms with van der Waals surface area (Å²) in [6.45, 7) is 0.447. The summed E-state index contributed by atoms with van der Waals surface area (Å²) in [6.07, 6.45) is 1.77. The minimum atomic E-state index is -0.799. The summed E-state index contributed by atoms with van der Waals surface area (Å²) in [6, 6.07) is 5.75. The highest BCUT2D eigenvalue weighted by atomic mass is 79.9. The number of imidazole rings is 1. The molecule has 0 spiro atoms. The van der Waals surface area contributed by atoms with Gasteiger partial charge in [0.25, 0.3) is 0 Å². The molecule has 1 heterocycles. The summed E-state index contributed by atoms with van der Waals surface area (Å²) in [4.78, 5) is 14.7. The number of hydrogen-bond donors (Lipinski definition) is 1. The molecule has 0 radical (unpaired) electrons. The molecule has 1 N–H and O–H groups in total. The van der Waals surface area contributed by atoms with Crippen LogP contribution >= 0.6 is 15.9 Å². The first-order valence-electron chi connectivity index (χ1n) is 4.49. The van der Waals surface area contributed by atoms with Crippen molar-refractivity contribution < 1.29 is 9.90 Å². The molecule has 1 aromatic heterocycles. The second kappa shape index (κ2) is 4.02. The number of para-hydroxylation sites is 1. The molecule has 0 amide bonds. The quantitative estimate of drug-likeness (QED) is 0.929. The van der Waals surface area contributed by atoms with E-state index in [-0.39, 0.29) is 6.42 Å². The average Bonchev–Trinajstić information content (AvgIpc) is 2.59. The Bertz CT molecular complexity index is 507. The molecule has 0 saturated carbocycles. The molecule has 15 heavy (non-hydrogen) atoms. The van der Waals surface area contributed by atoms with Gasteiger partial charge in [-0.1, -0.05) is 6.07 Å². The molecule has 5 heteroatoms. The van der Waals surface area contributed by atoms with Crippen molar-refractivity contribution in [2.24, 2.45) is 0 Å². The van der Waals surface area contributed by atoms with Crippen LogP contribution in [-0.2, 0) is 11.3 Å². The molecule has 2 rings (SSSR count). The number of carbonyl (C=O) groups is 1. The number of nitrogens with zero attached hydrogens (tertiary/aromatic N) is 2. The smallest absolute Gasteiger partial charge is 0.305 e. The highest BCUT2D eigenvalue weighted by molar-refractivity contribution is 9.10. The largest absolute Gasteiger partial charge is 0.481 e. The molecule has 4 nitrogen and oxygen atoms in total. The van der Waals surface area contributed by atoms with Gasteiger partial charge in [-0.3, -0.25) is 4.79 Å². The molecule has 0 unspecified atom stereocenters. The van der Waals surface area contributed by atoms with E-state index < -0.39 is 5.97 Å². The van der Waals surface area contributed by atoms with Crippen LogP contribution < -0.4 is 0 Å². The van der Waals surface area contributed by atoms with Crippen LogP contribution in [0.5, 0.6) is 0 Å². The zero-order valence-corrected chi connectivity index (χ0v) is 9.44. The standard InChI is InChI=1S/C10H9BrN2O2/c11-7-2-1-3-8-10(7)12-6-13(8)5-4-9(14)15/h1-3,6H,4-5H2,(H,14,15). The van der Waals surface area contributed by atoms with Crippen LogP contribution in [0.4, 0.5) is 0 Å². The van der Waals surface area contributed by atoms with Crippen LogP contribution in [-0.4, -0.2) is 20.6 Å². The van der Waals surface area contributed by atoms with E-state index in [9.17, 15) is 4.79 Å². The summed E-state index contributed by atoms with van der Waals surface area (Å²) in [5.74, 6) is -0.799. The third-order valence-corrected chi connectivity index (χ3v) is 2.81. The van der Waals surface area contributed by atoms with Gasteiger partial charge < -0.3 is 9.67 Å². The van der Waals surface area contributed by atoms with Crippen molar-refractivity contribution in [3.05, 3.63) is 29.0 Å². The van der Waals surface area contributed by atoms with Gasteiger partial charge in [0.1, 0.15) is 5.52 Å². The Morgan fingerprint density at radius 3 is 3.07 bits per heavy atom. The minimum Gasteiger partial charge on any atom is -0.481 e. The lowest BCUT2D eigenvalue weighted by atomic mass is 10.3. The van der Waals surface area contributed by atoms with E-state index in [0.29, 0.717) is 6.54 Å². The van der Waals surface area contributed by atoms with Gasteiger partial charge in [-0.15, -0.1) is 0 Å². The SMILES string of the molecule is O=C(O)CCn1cnc2c(Br)cccc21. The van der Waals surface area contributed by atoms with E-state index in [1.807, 2.05) is 22.8 Å². The third-order valence-electron chi connectivity index (χ3n) is 2.17. The summed E-state index contributed by atoms with van der Waals surface area (Å²) >= 11 is 3.40. The Balaban J connectivity index is 2.37. The fraction of sp³-hybridized carbons (Fsp3) is 0.200. The Morgan fingerprint density at radius 2 is 2.33 bits per heavy atom. The first-order chi connectivity index (χ1) is 7.18. The lowest BCUT2D eigenvalue weighted by molar-refractivity contribution is -0.137. The number of aromatic nitrogens is 2. The van der Waals surface area contributed by atoms with Gasteiger partial charge in [0.15, 0.2) is 0 Å². The van der Waals surface area contributed by atoms with Crippen LogP contribution in [0.3, 0.4) is 0 Å². The number of aliphatic carboxylic acids is 1. The van der Waals surface area contributed by atoms with Crippen LogP contribution in [0.2, 0.25) is 0 Å². The van der Waals surface area contributed by atoms with Gasteiger partial charge in [0, 0.05) is 11.0 Å². The summed E-state index contributed by atoms with van der Waals surface area (Å²) in [7, 11) is 0. The van der Waals surface area contributed by atoms with Gasteiger partial charge in [-0.2, -0.15) is 0 Å². The second-order valence-corrected chi connectivity index (χ2v) is 4.04. The van der Waals surface area contributed by atoms with Gasteiger partial charge in [0.2, 0.25) is 0 Å². The van der Waals surface area contributed by atoms with E-state index in [4.69, 9.17) is 5.11 Å². The first kappa shape index (κ1) is 10.2. The first-order valence-corrected chi connectivity index (χ1v) is 5.29. The molecule has 0 atom stereocenters. The lowest BCUT2D eigenvalue weighted by Gasteiger charge is -2.01. The number of carboxylic acids is 1. The normalized spacial score (nSPS) is 10.7. The maximum Gasteiger partial charge on any atom is 0.305 e. The fourth-order valence-corrected chi connectivity index (χ4v) is 1.91. The molecular weight excluding hydrogens is 260 g/mol. The Kier molecular flexibility index (Phi) is 2.73. The number of carboxylic acid groups (broad SMARTS) is 1. The van der Waals surface area contributed by atoms with Gasteiger partial charge in [-0.25, -0.2) is 4.98 Å². The van der Waals surface area contributed by atoms with Crippen LogP contribution in [0.1, 0.15) is 6.42 Å². The molecule has 0 aliphatic carbocycles. The monoisotopic (exact) mass is 268 g/mol. The van der Waals surface area contributed by atoms with Gasteiger partial charge >= 0.3 is 5.97 Å². The van der Waals surface area contributed by atoms with E-state index in [0.717, 1.165) is 15.5 Å². The molecule has 78 valence electrons. The number of aryl methyl sites for hydroxylation is 1. The van der Waals surface area contributed by atoms with E-state index in [1.165, 1.54) is 0 Å². The summed E-state index contributed by atoms with van der Waals surface area (Å²) < 4.78 is 2.77.